The molecule has 5 rings (SSSR count). The number of aryl methyl sites for hydroxylation is 1. The van der Waals surface area contributed by atoms with Crippen LogP contribution < -0.4 is 5.32 Å². The van der Waals surface area contributed by atoms with E-state index in [9.17, 15) is 4.79 Å². The third kappa shape index (κ3) is 2.66. The van der Waals surface area contributed by atoms with Gasteiger partial charge in [-0.3, -0.25) is 4.79 Å². The lowest BCUT2D eigenvalue weighted by Gasteiger charge is -2.24. The maximum atomic E-state index is 12.5. The fraction of sp³-hybridized carbons (Fsp3) is 0.150. The molecule has 138 valence electrons. The standard InChI is InChI=1S/C20H17N7O/c1-12-18-16(13-7-9-14(10-8-13)19-22-25-26-23-19)11-17(28)21-20(18)27(24-12)15-5-3-2-4-6-15/h2-10,16H,11H2,1H3,(H,21,28)(H,22,23,25,26). The van der Waals surface area contributed by atoms with E-state index in [1.54, 1.807) is 0 Å². The molecule has 1 atom stereocenters. The number of nitrogens with one attached hydrogen (secondary N) is 2. The molecule has 28 heavy (non-hydrogen) atoms. The van der Waals surface area contributed by atoms with E-state index in [-0.39, 0.29) is 11.8 Å². The zero-order valence-corrected chi connectivity index (χ0v) is 15.1. The van der Waals surface area contributed by atoms with Crippen molar-refractivity contribution in [2.24, 2.45) is 0 Å². The van der Waals surface area contributed by atoms with Crippen LogP contribution in [0.1, 0.15) is 29.2 Å². The van der Waals surface area contributed by atoms with Gasteiger partial charge in [0.25, 0.3) is 0 Å². The number of amides is 1. The summed E-state index contributed by atoms with van der Waals surface area (Å²) in [5.74, 6) is 1.21. The predicted octanol–water partition coefficient (Wildman–Crippen LogP) is 2.83. The number of rotatable bonds is 3. The van der Waals surface area contributed by atoms with E-state index in [0.717, 1.165) is 33.9 Å². The van der Waals surface area contributed by atoms with Gasteiger partial charge in [-0.05, 0) is 29.8 Å². The largest absolute Gasteiger partial charge is 0.310 e. The molecule has 1 aliphatic rings. The normalized spacial score (nSPS) is 15.9. The minimum atomic E-state index is -0.0551. The SMILES string of the molecule is Cc1nn(-c2ccccc2)c2c1C(c1ccc(-c3nn[nH]n3)cc1)CC(=O)N2. The van der Waals surface area contributed by atoms with Crippen molar-refractivity contribution in [3.63, 3.8) is 0 Å². The Morgan fingerprint density at radius 2 is 1.86 bits per heavy atom. The van der Waals surface area contributed by atoms with Gasteiger partial charge in [0, 0.05) is 23.5 Å². The summed E-state index contributed by atoms with van der Waals surface area (Å²) in [6.07, 6.45) is 0.385. The summed E-state index contributed by atoms with van der Waals surface area (Å²) < 4.78 is 1.81. The number of nitrogens with zero attached hydrogens (tertiary/aromatic N) is 5. The average molecular weight is 371 g/mol. The molecule has 0 saturated heterocycles. The van der Waals surface area contributed by atoms with Crippen molar-refractivity contribution in [2.75, 3.05) is 5.32 Å². The quantitative estimate of drug-likeness (QED) is 0.577. The van der Waals surface area contributed by atoms with Crippen molar-refractivity contribution in [2.45, 2.75) is 19.3 Å². The molecule has 1 amide bonds. The second kappa shape index (κ2) is 6.41. The van der Waals surface area contributed by atoms with Crippen LogP contribution in [0.5, 0.6) is 0 Å². The number of hydrogen-bond acceptors (Lipinski definition) is 5. The first-order valence-electron chi connectivity index (χ1n) is 8.99. The number of fused-ring (bicyclic) bond motifs is 1. The summed E-state index contributed by atoms with van der Waals surface area (Å²) in [7, 11) is 0. The van der Waals surface area contributed by atoms with Crippen molar-refractivity contribution in [3.05, 3.63) is 71.4 Å². The third-order valence-corrected chi connectivity index (χ3v) is 5.02. The van der Waals surface area contributed by atoms with Crippen molar-refractivity contribution >= 4 is 11.7 Å². The van der Waals surface area contributed by atoms with Crippen LogP contribution in [0.15, 0.2) is 54.6 Å². The van der Waals surface area contributed by atoms with Gasteiger partial charge in [0.1, 0.15) is 5.82 Å². The van der Waals surface area contributed by atoms with Gasteiger partial charge in [0.2, 0.25) is 11.7 Å². The molecule has 1 aliphatic heterocycles. The van der Waals surface area contributed by atoms with Crippen LogP contribution in [0.2, 0.25) is 0 Å². The maximum Gasteiger partial charge on any atom is 0.226 e. The van der Waals surface area contributed by atoms with E-state index in [4.69, 9.17) is 5.10 Å². The first kappa shape index (κ1) is 16.4. The van der Waals surface area contributed by atoms with Crippen molar-refractivity contribution in [1.82, 2.24) is 30.4 Å². The molecule has 1 unspecified atom stereocenters. The maximum absolute atomic E-state index is 12.5. The number of aromatic amines is 1. The van der Waals surface area contributed by atoms with Crippen LogP contribution >= 0.6 is 0 Å². The fourth-order valence-electron chi connectivity index (χ4n) is 3.74. The van der Waals surface area contributed by atoms with Gasteiger partial charge in [-0.15, -0.1) is 10.2 Å². The molecular formula is C20H17N7O. The number of hydrogen-bond donors (Lipinski definition) is 2. The van der Waals surface area contributed by atoms with E-state index in [2.05, 4.69) is 25.9 Å². The Balaban J connectivity index is 1.58. The Morgan fingerprint density at radius 1 is 1.07 bits per heavy atom. The molecule has 0 bridgehead atoms. The molecule has 2 aromatic carbocycles. The van der Waals surface area contributed by atoms with Crippen LogP contribution in [-0.2, 0) is 4.79 Å². The summed E-state index contributed by atoms with van der Waals surface area (Å²) in [6.45, 7) is 1.98. The number of tetrazole rings is 1. The molecular weight excluding hydrogens is 354 g/mol. The van der Waals surface area contributed by atoms with Crippen LogP contribution in [-0.4, -0.2) is 36.3 Å². The Labute approximate surface area is 160 Å². The van der Waals surface area contributed by atoms with Crippen LogP contribution in [0, 0.1) is 6.92 Å². The highest BCUT2D eigenvalue weighted by Crippen LogP contribution is 2.40. The average Bonchev–Trinajstić information content (AvgIpc) is 3.37. The zero-order valence-electron chi connectivity index (χ0n) is 15.1. The Kier molecular flexibility index (Phi) is 3.75. The lowest BCUT2D eigenvalue weighted by Crippen LogP contribution is -2.24. The van der Waals surface area contributed by atoms with Gasteiger partial charge in [-0.25, -0.2) is 4.68 Å². The molecule has 8 nitrogen and oxygen atoms in total. The molecule has 0 spiro atoms. The van der Waals surface area contributed by atoms with Crippen LogP contribution in [0.4, 0.5) is 5.82 Å². The second-order valence-corrected chi connectivity index (χ2v) is 6.76. The van der Waals surface area contributed by atoms with Gasteiger partial charge in [0.05, 0.1) is 11.4 Å². The van der Waals surface area contributed by atoms with E-state index < -0.39 is 0 Å². The highest BCUT2D eigenvalue weighted by Gasteiger charge is 2.32. The first-order valence-corrected chi connectivity index (χ1v) is 8.99. The number of para-hydroxylation sites is 1. The monoisotopic (exact) mass is 371 g/mol. The van der Waals surface area contributed by atoms with Gasteiger partial charge < -0.3 is 5.32 Å². The lowest BCUT2D eigenvalue weighted by atomic mass is 9.85. The van der Waals surface area contributed by atoms with Crippen molar-refractivity contribution < 1.29 is 4.79 Å². The van der Waals surface area contributed by atoms with Gasteiger partial charge in [-0.1, -0.05) is 42.5 Å². The number of anilines is 1. The van der Waals surface area contributed by atoms with Gasteiger partial charge in [0.15, 0.2) is 0 Å². The summed E-state index contributed by atoms with van der Waals surface area (Å²) in [5, 5.41) is 21.8. The Hall–Kier alpha value is -3.81. The molecule has 2 N–H and O–H groups in total. The molecule has 4 aromatic rings. The zero-order chi connectivity index (χ0) is 19.1. The molecule has 0 fully saturated rings. The van der Waals surface area contributed by atoms with Crippen LogP contribution in [0.25, 0.3) is 17.1 Å². The third-order valence-electron chi connectivity index (χ3n) is 5.02. The van der Waals surface area contributed by atoms with E-state index in [1.807, 2.05) is 66.2 Å². The Bertz CT molecular complexity index is 1130. The summed E-state index contributed by atoms with van der Waals surface area (Å²) in [6, 6.07) is 17.7. The lowest BCUT2D eigenvalue weighted by molar-refractivity contribution is -0.116. The minimum Gasteiger partial charge on any atom is -0.310 e. The highest BCUT2D eigenvalue weighted by molar-refractivity contribution is 5.95. The predicted molar refractivity (Wildman–Crippen MR) is 103 cm³/mol. The number of H-pyrrole nitrogens is 1. The van der Waals surface area contributed by atoms with Gasteiger partial charge >= 0.3 is 0 Å². The molecule has 0 aliphatic carbocycles. The van der Waals surface area contributed by atoms with Crippen LogP contribution in [0.3, 0.4) is 0 Å². The van der Waals surface area contributed by atoms with Crippen molar-refractivity contribution in [3.8, 4) is 17.1 Å². The van der Waals surface area contributed by atoms with E-state index >= 15 is 0 Å². The fourth-order valence-corrected chi connectivity index (χ4v) is 3.74. The molecule has 8 heteroatoms. The highest BCUT2D eigenvalue weighted by atomic mass is 16.1. The number of benzene rings is 2. The number of carbonyl (C=O) groups is 1. The Morgan fingerprint density at radius 3 is 2.57 bits per heavy atom. The molecule has 0 saturated carbocycles. The van der Waals surface area contributed by atoms with E-state index in [1.165, 1.54) is 0 Å². The second-order valence-electron chi connectivity index (χ2n) is 6.76. The first-order chi connectivity index (χ1) is 13.7. The summed E-state index contributed by atoms with van der Waals surface area (Å²) >= 11 is 0. The smallest absolute Gasteiger partial charge is 0.226 e. The molecule has 0 radical (unpaired) electrons. The van der Waals surface area contributed by atoms with Crippen molar-refractivity contribution in [1.29, 1.82) is 0 Å². The molecule has 3 heterocycles. The minimum absolute atomic E-state index is 0.0168. The summed E-state index contributed by atoms with van der Waals surface area (Å²) in [5.41, 5.74) is 4.80. The van der Waals surface area contributed by atoms with Gasteiger partial charge in [-0.2, -0.15) is 10.3 Å². The van der Waals surface area contributed by atoms with E-state index in [0.29, 0.717) is 12.2 Å². The number of carbonyl (C=O) groups excluding carboxylic acids is 1. The number of aromatic nitrogens is 6. The topological polar surface area (TPSA) is 101 Å². The molecule has 2 aromatic heterocycles. The summed E-state index contributed by atoms with van der Waals surface area (Å²) in [4.78, 5) is 12.5.